The summed E-state index contributed by atoms with van der Waals surface area (Å²) in [6.07, 6.45) is -4.09. The highest BCUT2D eigenvalue weighted by Gasteiger charge is 2.30. The number of hydrogen-bond acceptors (Lipinski definition) is 8. The van der Waals surface area contributed by atoms with Gasteiger partial charge in [-0.25, -0.2) is 4.39 Å². The predicted molar refractivity (Wildman–Crippen MR) is 117 cm³/mol. The van der Waals surface area contributed by atoms with Gasteiger partial charge in [-0.1, -0.05) is 0 Å². The Balaban J connectivity index is 2.26. The third-order valence-corrected chi connectivity index (χ3v) is 5.49. The number of carbonyl (C=O) groups is 3. The van der Waals surface area contributed by atoms with Crippen LogP contribution in [0.3, 0.4) is 0 Å². The number of β-amino-alcohol motifs (C(OH)–C–C–N with tert-alkyl or cyclic N) is 1. The zero-order valence-corrected chi connectivity index (χ0v) is 18.8. The van der Waals surface area contributed by atoms with E-state index in [2.05, 4.69) is 0 Å². The largest absolute Gasteiger partial charge is 0.481 e. The number of nitrogens with two attached hydrogens (primary N) is 1. The maximum absolute atomic E-state index is 13.3. The van der Waals surface area contributed by atoms with Crippen molar-refractivity contribution in [3.63, 3.8) is 0 Å². The van der Waals surface area contributed by atoms with Crippen molar-refractivity contribution in [2.24, 2.45) is 5.73 Å². The van der Waals surface area contributed by atoms with Gasteiger partial charge in [-0.2, -0.15) is 0 Å². The molecule has 0 aliphatic carbocycles. The highest BCUT2D eigenvalue weighted by atomic mass is 19.1. The van der Waals surface area contributed by atoms with Crippen molar-refractivity contribution in [2.75, 3.05) is 39.4 Å². The molecule has 4 atom stereocenters. The number of carboxylic acids is 1. The van der Waals surface area contributed by atoms with Gasteiger partial charge in [-0.05, 0) is 37.1 Å². The summed E-state index contributed by atoms with van der Waals surface area (Å²) in [5, 5.41) is 39.7. The predicted octanol–water partition coefficient (Wildman–Crippen LogP) is -1.21. The quantitative estimate of drug-likeness (QED) is 0.351. The van der Waals surface area contributed by atoms with Gasteiger partial charge in [0.25, 0.3) is 5.91 Å². The van der Waals surface area contributed by atoms with Crippen molar-refractivity contribution in [3.05, 3.63) is 35.6 Å². The van der Waals surface area contributed by atoms with Crippen LogP contribution in [0, 0.1) is 5.82 Å². The summed E-state index contributed by atoms with van der Waals surface area (Å²) < 4.78 is 18.6. The molecule has 0 bridgehead atoms. The third kappa shape index (κ3) is 8.29. The average Bonchev–Trinajstić information content (AvgIpc) is 2.80. The number of ether oxygens (including phenoxy) is 1. The second-order valence-electron chi connectivity index (χ2n) is 8.20. The van der Waals surface area contributed by atoms with Crippen molar-refractivity contribution in [1.82, 2.24) is 9.80 Å². The van der Waals surface area contributed by atoms with Crippen molar-refractivity contribution in [1.29, 1.82) is 0 Å². The second kappa shape index (κ2) is 13.3. The van der Waals surface area contributed by atoms with Crippen LogP contribution < -0.4 is 5.73 Å². The van der Waals surface area contributed by atoms with Gasteiger partial charge in [-0.3, -0.25) is 14.4 Å². The van der Waals surface area contributed by atoms with Gasteiger partial charge in [0.05, 0.1) is 19.1 Å². The number of nitrogens with zero attached hydrogens (tertiary/aromatic N) is 2. The summed E-state index contributed by atoms with van der Waals surface area (Å²) in [6, 6.07) is 3.46. The van der Waals surface area contributed by atoms with Crippen LogP contribution in [0.15, 0.2) is 24.3 Å². The Morgan fingerprint density at radius 2 is 1.68 bits per heavy atom. The lowest BCUT2D eigenvalue weighted by Gasteiger charge is -2.32. The van der Waals surface area contributed by atoms with E-state index in [1.807, 2.05) is 0 Å². The number of amides is 2. The van der Waals surface area contributed by atoms with E-state index < -0.39 is 60.9 Å². The summed E-state index contributed by atoms with van der Waals surface area (Å²) in [5.74, 6) is -2.95. The Morgan fingerprint density at radius 1 is 1.03 bits per heavy atom. The topological polar surface area (TPSA) is 174 Å². The molecule has 1 aromatic carbocycles. The maximum Gasteiger partial charge on any atom is 0.305 e. The average molecular weight is 486 g/mol. The molecular formula is C22H32FN3O8. The lowest BCUT2D eigenvalue weighted by Crippen LogP contribution is -2.51. The first-order chi connectivity index (χ1) is 16.1. The van der Waals surface area contributed by atoms with Crippen LogP contribution in [0.4, 0.5) is 4.39 Å². The molecule has 12 heteroatoms. The maximum atomic E-state index is 13.3. The minimum Gasteiger partial charge on any atom is -0.481 e. The number of benzene rings is 1. The van der Waals surface area contributed by atoms with Gasteiger partial charge in [0.1, 0.15) is 24.1 Å². The molecule has 2 rings (SSSR count). The Labute approximate surface area is 196 Å². The second-order valence-corrected chi connectivity index (χ2v) is 8.20. The van der Waals surface area contributed by atoms with E-state index in [0.717, 1.165) is 12.1 Å². The molecule has 34 heavy (non-hydrogen) atoms. The zero-order valence-electron chi connectivity index (χ0n) is 18.8. The number of aliphatic carboxylic acids is 1. The van der Waals surface area contributed by atoms with Crippen molar-refractivity contribution in [3.8, 4) is 0 Å². The van der Waals surface area contributed by atoms with E-state index in [4.69, 9.17) is 15.6 Å². The Bertz CT molecular complexity index is 825. The summed E-state index contributed by atoms with van der Waals surface area (Å²) in [4.78, 5) is 39.3. The molecule has 0 unspecified atom stereocenters. The van der Waals surface area contributed by atoms with E-state index >= 15 is 0 Å². The third-order valence-electron chi connectivity index (χ3n) is 5.49. The molecule has 1 aliphatic rings. The molecular weight excluding hydrogens is 453 g/mol. The van der Waals surface area contributed by atoms with E-state index in [1.54, 1.807) is 0 Å². The monoisotopic (exact) mass is 485 g/mol. The lowest BCUT2D eigenvalue weighted by molar-refractivity contribution is -0.142. The number of hydrogen-bond donors (Lipinski definition) is 5. The smallest absolute Gasteiger partial charge is 0.305 e. The highest BCUT2D eigenvalue weighted by molar-refractivity contribution is 5.94. The normalized spacial score (nSPS) is 24.2. The minimum atomic E-state index is -1.60. The summed E-state index contributed by atoms with van der Waals surface area (Å²) in [6.45, 7) is -0.280. The Morgan fingerprint density at radius 3 is 2.32 bits per heavy atom. The van der Waals surface area contributed by atoms with Crippen LogP contribution in [0.1, 0.15) is 29.6 Å². The first-order valence-corrected chi connectivity index (χ1v) is 11.0. The molecule has 0 spiro atoms. The minimum absolute atomic E-state index is 0.0225. The van der Waals surface area contributed by atoms with Crippen LogP contribution in [0.2, 0.25) is 0 Å². The molecule has 0 saturated carbocycles. The zero-order chi connectivity index (χ0) is 25.3. The number of aliphatic hydroxyl groups excluding tert-OH is 3. The Kier molecular flexibility index (Phi) is 10.8. The van der Waals surface area contributed by atoms with Gasteiger partial charge in [0.2, 0.25) is 5.91 Å². The lowest BCUT2D eigenvalue weighted by atomic mass is 10.1. The fraction of sp³-hybridized carbons (Fsp3) is 0.591. The number of rotatable bonds is 4. The van der Waals surface area contributed by atoms with Gasteiger partial charge in [-0.15, -0.1) is 0 Å². The molecule has 1 fully saturated rings. The first kappa shape index (κ1) is 27.6. The highest BCUT2D eigenvalue weighted by Crippen LogP contribution is 2.12. The summed E-state index contributed by atoms with van der Waals surface area (Å²) >= 11 is 0. The molecule has 0 aromatic heterocycles. The molecule has 1 heterocycles. The van der Waals surface area contributed by atoms with Crippen molar-refractivity contribution >= 4 is 17.8 Å². The standard InChI is InChI=1S/C22H32FN3O8/c23-15-5-3-14(4-6-15)21(32)26-9-8-25(22(33)16(24)11-19(29)30)7-1-2-10-34-13-18(28)20(31)17(27)12-26/h3-6,16-18,20,27-28,31H,1-2,7-13,24H2,(H,29,30)/t16-,17-,18+,20+/m0/s1. The van der Waals surface area contributed by atoms with Crippen LogP contribution in [0.5, 0.6) is 0 Å². The van der Waals surface area contributed by atoms with E-state index in [9.17, 15) is 34.1 Å². The van der Waals surface area contributed by atoms with Crippen LogP contribution in [-0.2, 0) is 14.3 Å². The number of aliphatic hydroxyl groups is 3. The van der Waals surface area contributed by atoms with Crippen LogP contribution in [0.25, 0.3) is 0 Å². The SMILES string of the molecule is N[C@@H](CC(=O)O)C(=O)N1CCCCOC[C@@H](O)[C@H](O)[C@@H](O)CN(C(=O)c2ccc(F)cc2)CC1. The van der Waals surface area contributed by atoms with E-state index in [0.29, 0.717) is 12.8 Å². The van der Waals surface area contributed by atoms with Crippen molar-refractivity contribution in [2.45, 2.75) is 43.6 Å². The van der Waals surface area contributed by atoms with Crippen molar-refractivity contribution < 1.29 is 43.9 Å². The first-order valence-electron chi connectivity index (χ1n) is 11.0. The molecule has 0 radical (unpaired) electrons. The van der Waals surface area contributed by atoms with Gasteiger partial charge < -0.3 is 40.7 Å². The molecule has 1 aliphatic heterocycles. The molecule has 11 nitrogen and oxygen atoms in total. The van der Waals surface area contributed by atoms with E-state index in [1.165, 1.54) is 21.9 Å². The van der Waals surface area contributed by atoms with Gasteiger partial charge in [0.15, 0.2) is 0 Å². The number of halogens is 1. The molecule has 6 N–H and O–H groups in total. The molecule has 190 valence electrons. The van der Waals surface area contributed by atoms with Crippen LogP contribution >= 0.6 is 0 Å². The number of carboxylic acid groups (broad SMARTS) is 1. The van der Waals surface area contributed by atoms with E-state index in [-0.39, 0.29) is 38.4 Å². The summed E-state index contributed by atoms with van der Waals surface area (Å²) in [7, 11) is 0. The summed E-state index contributed by atoms with van der Waals surface area (Å²) in [5.41, 5.74) is 5.87. The fourth-order valence-electron chi connectivity index (χ4n) is 3.53. The number of carbonyl (C=O) groups excluding carboxylic acids is 2. The van der Waals surface area contributed by atoms with Gasteiger partial charge in [0, 0.05) is 38.3 Å². The van der Waals surface area contributed by atoms with Crippen LogP contribution in [-0.4, -0.2) is 112 Å². The Hall–Kier alpha value is -2.64. The molecule has 1 saturated heterocycles. The van der Waals surface area contributed by atoms with Gasteiger partial charge >= 0.3 is 5.97 Å². The molecule has 1 aromatic rings. The fourth-order valence-corrected chi connectivity index (χ4v) is 3.53. The molecule has 2 amide bonds.